The van der Waals surface area contributed by atoms with E-state index in [1.165, 1.54) is 22.7 Å². The summed E-state index contributed by atoms with van der Waals surface area (Å²) in [6, 6.07) is -0.131. The molecule has 1 unspecified atom stereocenters. The van der Waals surface area contributed by atoms with Gasteiger partial charge in [-0.15, -0.1) is 22.7 Å². The third-order valence-electron chi connectivity index (χ3n) is 2.83. The average Bonchev–Trinajstić information content (AvgIpc) is 2.95. The maximum absolute atomic E-state index is 12.2. The van der Waals surface area contributed by atoms with Crippen LogP contribution in [0.15, 0.2) is 10.8 Å². The Hall–Kier alpha value is -1.11. The van der Waals surface area contributed by atoms with E-state index in [9.17, 15) is 4.79 Å². The number of ketones is 1. The number of nitrogens with two attached hydrogens (primary N) is 1. The zero-order valence-corrected chi connectivity index (χ0v) is 13.8. The van der Waals surface area contributed by atoms with Crippen LogP contribution in [0.4, 0.5) is 0 Å². The first kappa shape index (κ1) is 15.3. The van der Waals surface area contributed by atoms with Crippen LogP contribution in [-0.4, -0.2) is 15.8 Å². The minimum Gasteiger partial charge on any atom is -0.322 e. The van der Waals surface area contributed by atoms with Crippen molar-refractivity contribution in [3.8, 4) is 0 Å². The highest BCUT2D eigenvalue weighted by Gasteiger charge is 2.19. The summed E-state index contributed by atoms with van der Waals surface area (Å²) in [6.07, 6.45) is 0.308. The van der Waals surface area contributed by atoms with Gasteiger partial charge in [-0.3, -0.25) is 4.79 Å². The Morgan fingerprint density at radius 1 is 1.30 bits per heavy atom. The van der Waals surface area contributed by atoms with Crippen LogP contribution < -0.4 is 5.73 Å². The summed E-state index contributed by atoms with van der Waals surface area (Å²) in [5, 5.41) is 5.44. The van der Waals surface area contributed by atoms with Crippen molar-refractivity contribution in [3.05, 3.63) is 32.2 Å². The summed E-state index contributed by atoms with van der Waals surface area (Å²) in [7, 11) is 0. The Kier molecular flexibility index (Phi) is 4.36. The molecule has 0 saturated carbocycles. The predicted molar refractivity (Wildman–Crippen MR) is 83.6 cm³/mol. The van der Waals surface area contributed by atoms with Gasteiger partial charge in [-0.25, -0.2) is 9.97 Å². The van der Waals surface area contributed by atoms with Gasteiger partial charge in [0.25, 0.3) is 0 Å². The van der Waals surface area contributed by atoms with E-state index in [1.54, 1.807) is 5.38 Å². The standard InChI is InChI=1S/C14H19N3OS2/c1-8(15)13-16-9(6-20-13)10(18)5-12-17-11(7-19-12)14(2,3)4/h6-8H,5,15H2,1-4H3. The van der Waals surface area contributed by atoms with Crippen molar-refractivity contribution < 1.29 is 4.79 Å². The number of rotatable bonds is 4. The molecule has 0 fully saturated rings. The third-order valence-corrected chi connectivity index (χ3v) is 4.72. The van der Waals surface area contributed by atoms with Crippen LogP contribution in [0.3, 0.4) is 0 Å². The van der Waals surface area contributed by atoms with E-state index < -0.39 is 0 Å². The van der Waals surface area contributed by atoms with E-state index >= 15 is 0 Å². The lowest BCUT2D eigenvalue weighted by Gasteiger charge is -2.14. The number of aromatic nitrogens is 2. The number of Topliss-reactive ketones (excluding diaryl/α,β-unsaturated/α-hetero) is 1. The van der Waals surface area contributed by atoms with Crippen LogP contribution in [-0.2, 0) is 11.8 Å². The Morgan fingerprint density at radius 3 is 2.50 bits per heavy atom. The topological polar surface area (TPSA) is 68.9 Å². The molecular weight excluding hydrogens is 290 g/mol. The van der Waals surface area contributed by atoms with Gasteiger partial charge >= 0.3 is 0 Å². The lowest BCUT2D eigenvalue weighted by Crippen LogP contribution is -2.12. The van der Waals surface area contributed by atoms with Gasteiger partial charge in [-0.05, 0) is 6.92 Å². The number of carbonyl (C=O) groups is 1. The van der Waals surface area contributed by atoms with Gasteiger partial charge in [0, 0.05) is 16.2 Å². The van der Waals surface area contributed by atoms with Crippen molar-refractivity contribution in [1.29, 1.82) is 0 Å². The highest BCUT2D eigenvalue weighted by atomic mass is 32.1. The molecule has 0 aliphatic rings. The molecule has 2 heterocycles. The second-order valence-electron chi connectivity index (χ2n) is 5.84. The fraction of sp³-hybridized carbons (Fsp3) is 0.500. The largest absolute Gasteiger partial charge is 0.322 e. The van der Waals surface area contributed by atoms with Crippen molar-refractivity contribution in [2.45, 2.75) is 45.6 Å². The van der Waals surface area contributed by atoms with Gasteiger partial charge in [0.05, 0.1) is 18.2 Å². The summed E-state index contributed by atoms with van der Waals surface area (Å²) < 4.78 is 0. The Labute approximate surface area is 127 Å². The van der Waals surface area contributed by atoms with E-state index in [4.69, 9.17) is 5.73 Å². The minimum atomic E-state index is -0.131. The molecule has 0 aromatic carbocycles. The van der Waals surface area contributed by atoms with E-state index in [0.717, 1.165) is 15.7 Å². The number of hydrogen-bond acceptors (Lipinski definition) is 6. The fourth-order valence-corrected chi connectivity index (χ4v) is 3.39. The molecule has 2 N–H and O–H groups in total. The predicted octanol–water partition coefficient (Wildman–Crippen LogP) is 3.34. The molecule has 2 aromatic heterocycles. The van der Waals surface area contributed by atoms with Gasteiger partial charge in [0.15, 0.2) is 5.78 Å². The van der Waals surface area contributed by atoms with Crippen molar-refractivity contribution in [2.75, 3.05) is 0 Å². The lowest BCUT2D eigenvalue weighted by atomic mass is 9.93. The summed E-state index contributed by atoms with van der Waals surface area (Å²) in [4.78, 5) is 21.0. The van der Waals surface area contributed by atoms with Crippen LogP contribution in [0.25, 0.3) is 0 Å². The highest BCUT2D eigenvalue weighted by molar-refractivity contribution is 7.10. The Balaban J connectivity index is 2.09. The van der Waals surface area contributed by atoms with E-state index in [2.05, 4.69) is 30.7 Å². The molecule has 20 heavy (non-hydrogen) atoms. The van der Waals surface area contributed by atoms with Crippen molar-refractivity contribution in [2.24, 2.45) is 5.73 Å². The molecule has 4 nitrogen and oxygen atoms in total. The third kappa shape index (κ3) is 3.50. The fourth-order valence-electron chi connectivity index (χ4n) is 1.59. The van der Waals surface area contributed by atoms with E-state index in [1.807, 2.05) is 12.3 Å². The quantitative estimate of drug-likeness (QED) is 0.879. The first-order valence-corrected chi connectivity index (χ1v) is 8.22. The molecule has 108 valence electrons. The van der Waals surface area contributed by atoms with E-state index in [0.29, 0.717) is 12.1 Å². The molecule has 0 spiro atoms. The molecule has 0 amide bonds. The van der Waals surface area contributed by atoms with Gasteiger partial charge in [0.1, 0.15) is 15.7 Å². The van der Waals surface area contributed by atoms with Crippen LogP contribution >= 0.6 is 22.7 Å². The number of hydrogen-bond donors (Lipinski definition) is 1. The van der Waals surface area contributed by atoms with Crippen LogP contribution in [0.5, 0.6) is 0 Å². The first-order valence-electron chi connectivity index (χ1n) is 6.46. The molecule has 0 bridgehead atoms. The smallest absolute Gasteiger partial charge is 0.188 e. The lowest BCUT2D eigenvalue weighted by molar-refractivity contribution is 0.0988. The van der Waals surface area contributed by atoms with Crippen LogP contribution in [0.2, 0.25) is 0 Å². The van der Waals surface area contributed by atoms with E-state index in [-0.39, 0.29) is 17.2 Å². The Bertz CT molecular complexity index is 608. The molecule has 2 aromatic rings. The monoisotopic (exact) mass is 309 g/mol. The highest BCUT2D eigenvalue weighted by Crippen LogP contribution is 2.25. The first-order chi connectivity index (χ1) is 9.27. The van der Waals surface area contributed by atoms with Gasteiger partial charge in [-0.1, -0.05) is 20.8 Å². The van der Waals surface area contributed by atoms with Gasteiger partial charge < -0.3 is 5.73 Å². The van der Waals surface area contributed by atoms with Crippen molar-refractivity contribution in [3.63, 3.8) is 0 Å². The molecule has 0 radical (unpaired) electrons. The SMILES string of the molecule is CC(N)c1nc(C(=O)Cc2nc(C(C)(C)C)cs2)cs1. The summed E-state index contributed by atoms with van der Waals surface area (Å²) >= 11 is 2.96. The van der Waals surface area contributed by atoms with Gasteiger partial charge in [-0.2, -0.15) is 0 Å². The summed E-state index contributed by atoms with van der Waals surface area (Å²) in [5.41, 5.74) is 7.29. The number of thiazole rings is 2. The zero-order chi connectivity index (χ0) is 14.9. The second kappa shape index (κ2) is 5.71. The Morgan fingerprint density at radius 2 is 2.00 bits per heavy atom. The van der Waals surface area contributed by atoms with Crippen molar-refractivity contribution >= 4 is 28.5 Å². The average molecular weight is 309 g/mol. The molecule has 1 atom stereocenters. The molecular formula is C14H19N3OS2. The molecule has 0 saturated heterocycles. The number of carbonyl (C=O) groups excluding carboxylic acids is 1. The molecule has 0 aliphatic carbocycles. The zero-order valence-electron chi connectivity index (χ0n) is 12.1. The van der Waals surface area contributed by atoms with Gasteiger partial charge in [0.2, 0.25) is 0 Å². The van der Waals surface area contributed by atoms with Crippen molar-refractivity contribution in [1.82, 2.24) is 9.97 Å². The minimum absolute atomic E-state index is 0.00274. The second-order valence-corrected chi connectivity index (χ2v) is 7.67. The molecule has 0 aliphatic heterocycles. The molecule has 2 rings (SSSR count). The van der Waals surface area contributed by atoms with Crippen LogP contribution in [0.1, 0.15) is 59.9 Å². The maximum Gasteiger partial charge on any atom is 0.188 e. The summed E-state index contributed by atoms with van der Waals surface area (Å²) in [6.45, 7) is 8.21. The normalized spacial score (nSPS) is 13.4. The molecule has 6 heteroatoms. The van der Waals surface area contributed by atoms with Crippen LogP contribution in [0, 0.1) is 0 Å². The maximum atomic E-state index is 12.2. The number of nitrogens with zero attached hydrogens (tertiary/aromatic N) is 2. The summed E-state index contributed by atoms with van der Waals surface area (Å²) in [5.74, 6) is 0.00274.